The first-order chi connectivity index (χ1) is 10.1. The maximum Gasteiger partial charge on any atom is 0.262 e. The lowest BCUT2D eigenvalue weighted by Crippen LogP contribution is -2.32. The van der Waals surface area contributed by atoms with Crippen LogP contribution in [0.15, 0.2) is 23.1 Å². The highest BCUT2D eigenvalue weighted by Gasteiger charge is 2.27. The molecule has 1 saturated heterocycles. The van der Waals surface area contributed by atoms with Crippen LogP contribution in [0.3, 0.4) is 0 Å². The molecule has 1 fully saturated rings. The number of hydrogen-bond acceptors (Lipinski definition) is 4. The number of benzene rings is 1. The fourth-order valence-electron chi connectivity index (χ4n) is 2.65. The predicted molar refractivity (Wildman–Crippen MR) is 77.8 cm³/mol. The highest BCUT2D eigenvalue weighted by molar-refractivity contribution is 7.89. The smallest absolute Gasteiger partial charge is 0.262 e. The highest BCUT2D eigenvalue weighted by atomic mass is 32.2. The van der Waals surface area contributed by atoms with Crippen molar-refractivity contribution in [1.29, 1.82) is 0 Å². The fraction of sp³-hybridized carbons (Fsp3) is 0.500. The molecule has 2 heterocycles. The van der Waals surface area contributed by atoms with Crippen LogP contribution in [-0.4, -0.2) is 38.3 Å². The van der Waals surface area contributed by atoms with Crippen LogP contribution in [-0.2, 0) is 14.8 Å². The van der Waals surface area contributed by atoms with Gasteiger partial charge in [-0.3, -0.25) is 4.79 Å². The lowest BCUT2D eigenvalue weighted by atomic mass is 10.2. The summed E-state index contributed by atoms with van der Waals surface area (Å²) < 4.78 is 32.2. The molecule has 2 aliphatic heterocycles. The molecule has 0 spiro atoms. The van der Waals surface area contributed by atoms with Gasteiger partial charge in [0.15, 0.2) is 6.61 Å². The van der Waals surface area contributed by atoms with Crippen LogP contribution in [0.4, 0.5) is 5.69 Å². The first-order valence-electron chi connectivity index (χ1n) is 7.14. The molecule has 0 aliphatic carbocycles. The normalized spacial score (nSPS) is 20.1. The molecule has 0 aromatic heterocycles. The molecule has 3 rings (SSSR count). The van der Waals surface area contributed by atoms with Gasteiger partial charge in [0.2, 0.25) is 10.0 Å². The molecule has 0 atom stereocenters. The summed E-state index contributed by atoms with van der Waals surface area (Å²) in [4.78, 5) is 11.5. The Hall–Kier alpha value is -1.60. The van der Waals surface area contributed by atoms with E-state index in [0.29, 0.717) is 24.5 Å². The maximum atomic E-state index is 12.7. The van der Waals surface area contributed by atoms with Crippen molar-refractivity contribution < 1.29 is 17.9 Å². The largest absolute Gasteiger partial charge is 0.482 e. The SMILES string of the molecule is O=C1COc2cc(S(=O)(=O)N3CCCCCC3)ccc2N1. The number of anilines is 1. The van der Waals surface area contributed by atoms with Gasteiger partial charge < -0.3 is 10.1 Å². The number of ether oxygens (including phenoxy) is 1. The zero-order valence-corrected chi connectivity index (χ0v) is 12.5. The Bertz CT molecular complexity index is 649. The molecular formula is C14H18N2O4S. The topological polar surface area (TPSA) is 75.7 Å². The lowest BCUT2D eigenvalue weighted by molar-refractivity contribution is -0.118. The number of sulfonamides is 1. The Balaban J connectivity index is 1.90. The summed E-state index contributed by atoms with van der Waals surface area (Å²) in [5.74, 6) is 0.177. The van der Waals surface area contributed by atoms with Crippen LogP contribution in [0.1, 0.15) is 25.7 Å². The molecule has 1 amide bonds. The summed E-state index contributed by atoms with van der Waals surface area (Å²) >= 11 is 0. The van der Waals surface area contributed by atoms with Gasteiger partial charge in [-0.15, -0.1) is 0 Å². The molecule has 6 nitrogen and oxygen atoms in total. The van der Waals surface area contributed by atoms with Gasteiger partial charge in [0, 0.05) is 19.2 Å². The van der Waals surface area contributed by atoms with Gasteiger partial charge in [-0.05, 0) is 25.0 Å². The Kier molecular flexibility index (Phi) is 3.86. The molecule has 0 saturated carbocycles. The molecule has 0 bridgehead atoms. The van der Waals surface area contributed by atoms with E-state index in [1.807, 2.05) is 0 Å². The van der Waals surface area contributed by atoms with Crippen LogP contribution >= 0.6 is 0 Å². The zero-order chi connectivity index (χ0) is 14.9. The van der Waals surface area contributed by atoms with Gasteiger partial charge in [-0.1, -0.05) is 12.8 Å². The van der Waals surface area contributed by atoms with Gasteiger partial charge in [-0.25, -0.2) is 8.42 Å². The Morgan fingerprint density at radius 1 is 1.10 bits per heavy atom. The van der Waals surface area contributed by atoms with Crippen molar-refractivity contribution in [3.63, 3.8) is 0 Å². The third-order valence-electron chi connectivity index (χ3n) is 3.79. The Labute approximate surface area is 124 Å². The van der Waals surface area contributed by atoms with Crippen LogP contribution in [0, 0.1) is 0 Å². The van der Waals surface area contributed by atoms with E-state index in [4.69, 9.17) is 4.74 Å². The lowest BCUT2D eigenvalue weighted by Gasteiger charge is -2.22. The van der Waals surface area contributed by atoms with Crippen molar-refractivity contribution in [3.8, 4) is 5.75 Å². The van der Waals surface area contributed by atoms with Crippen LogP contribution in [0.2, 0.25) is 0 Å². The fourth-order valence-corrected chi connectivity index (χ4v) is 4.18. The Morgan fingerprint density at radius 3 is 2.52 bits per heavy atom. The molecule has 0 radical (unpaired) electrons. The average molecular weight is 310 g/mol. The summed E-state index contributed by atoms with van der Waals surface area (Å²) in [5.41, 5.74) is 0.515. The van der Waals surface area contributed by atoms with Crippen LogP contribution in [0.5, 0.6) is 5.75 Å². The third-order valence-corrected chi connectivity index (χ3v) is 5.68. The van der Waals surface area contributed by atoms with Crippen molar-refractivity contribution in [2.24, 2.45) is 0 Å². The highest BCUT2D eigenvalue weighted by Crippen LogP contribution is 2.31. The second kappa shape index (κ2) is 5.65. The first-order valence-corrected chi connectivity index (χ1v) is 8.58. The van der Waals surface area contributed by atoms with Crippen molar-refractivity contribution in [2.45, 2.75) is 30.6 Å². The standard InChI is InChI=1S/C14H18N2O4S/c17-14-10-20-13-9-11(5-6-12(13)15-14)21(18,19)16-7-3-1-2-4-8-16/h5-6,9H,1-4,7-8,10H2,(H,15,17). The number of hydrogen-bond donors (Lipinski definition) is 1. The van der Waals surface area contributed by atoms with Gasteiger partial charge in [0.1, 0.15) is 5.75 Å². The van der Waals surface area contributed by atoms with Crippen molar-refractivity contribution >= 4 is 21.6 Å². The number of nitrogens with one attached hydrogen (secondary N) is 1. The number of nitrogens with zero attached hydrogens (tertiary/aromatic N) is 1. The monoisotopic (exact) mass is 310 g/mol. The van der Waals surface area contributed by atoms with Gasteiger partial charge >= 0.3 is 0 Å². The molecule has 1 aromatic carbocycles. The average Bonchev–Trinajstić information content (AvgIpc) is 2.76. The summed E-state index contributed by atoms with van der Waals surface area (Å²) in [6, 6.07) is 4.60. The minimum atomic E-state index is -3.49. The number of carbonyl (C=O) groups excluding carboxylic acids is 1. The predicted octanol–water partition coefficient (Wildman–Crippen LogP) is 1.58. The van der Waals surface area contributed by atoms with E-state index < -0.39 is 10.0 Å². The molecule has 21 heavy (non-hydrogen) atoms. The Morgan fingerprint density at radius 2 is 1.81 bits per heavy atom. The van der Waals surface area contributed by atoms with Crippen molar-refractivity contribution in [3.05, 3.63) is 18.2 Å². The molecule has 7 heteroatoms. The molecule has 1 N–H and O–H groups in total. The van der Waals surface area contributed by atoms with E-state index in [1.54, 1.807) is 10.4 Å². The first kappa shape index (κ1) is 14.3. The van der Waals surface area contributed by atoms with Crippen molar-refractivity contribution in [1.82, 2.24) is 4.31 Å². The number of fused-ring (bicyclic) bond motifs is 1. The third kappa shape index (κ3) is 2.89. The molecule has 114 valence electrons. The summed E-state index contributed by atoms with van der Waals surface area (Å²) in [6.45, 7) is 1.05. The second-order valence-corrected chi connectivity index (χ2v) is 7.25. The number of carbonyl (C=O) groups is 1. The van der Waals surface area contributed by atoms with E-state index >= 15 is 0 Å². The van der Waals surface area contributed by atoms with E-state index in [2.05, 4.69) is 5.32 Å². The summed E-state index contributed by atoms with van der Waals surface area (Å²) in [5, 5.41) is 2.66. The minimum absolute atomic E-state index is 0.0831. The van der Waals surface area contributed by atoms with Gasteiger partial charge in [-0.2, -0.15) is 4.31 Å². The molecule has 1 aromatic rings. The zero-order valence-electron chi connectivity index (χ0n) is 11.7. The number of rotatable bonds is 2. The van der Waals surface area contributed by atoms with E-state index in [-0.39, 0.29) is 17.4 Å². The van der Waals surface area contributed by atoms with Crippen molar-refractivity contribution in [2.75, 3.05) is 25.0 Å². The minimum Gasteiger partial charge on any atom is -0.482 e. The molecular weight excluding hydrogens is 292 g/mol. The second-order valence-electron chi connectivity index (χ2n) is 5.31. The van der Waals surface area contributed by atoms with Gasteiger partial charge in [0.05, 0.1) is 10.6 Å². The summed E-state index contributed by atoms with van der Waals surface area (Å²) in [7, 11) is -3.49. The van der Waals surface area contributed by atoms with Gasteiger partial charge in [0.25, 0.3) is 5.91 Å². The summed E-state index contributed by atoms with van der Waals surface area (Å²) in [6.07, 6.45) is 3.95. The van der Waals surface area contributed by atoms with Crippen LogP contribution < -0.4 is 10.1 Å². The van der Waals surface area contributed by atoms with E-state index in [1.165, 1.54) is 12.1 Å². The van der Waals surface area contributed by atoms with Crippen LogP contribution in [0.25, 0.3) is 0 Å². The van der Waals surface area contributed by atoms with E-state index in [0.717, 1.165) is 25.7 Å². The maximum absolute atomic E-state index is 12.7. The van der Waals surface area contributed by atoms with E-state index in [9.17, 15) is 13.2 Å². The molecule has 0 unspecified atom stereocenters. The quantitative estimate of drug-likeness (QED) is 0.900. The number of amides is 1. The molecule has 2 aliphatic rings.